The zero-order valence-corrected chi connectivity index (χ0v) is 9.99. The lowest BCUT2D eigenvalue weighted by Gasteiger charge is -2.07. The summed E-state index contributed by atoms with van der Waals surface area (Å²) in [5.41, 5.74) is 1.15. The van der Waals surface area contributed by atoms with Crippen molar-refractivity contribution < 1.29 is 14.6 Å². The van der Waals surface area contributed by atoms with Crippen LogP contribution in [0, 0.1) is 18.3 Å². The first-order valence-corrected chi connectivity index (χ1v) is 5.34. The average Bonchev–Trinajstić information content (AvgIpc) is 2.42. The SMILES string of the molecule is Cc1ccc(C#N)cc1Oc1cnc(C(=O)O)cn1. The van der Waals surface area contributed by atoms with Crippen LogP contribution in [0.2, 0.25) is 0 Å². The van der Waals surface area contributed by atoms with Crippen molar-refractivity contribution in [3.05, 3.63) is 47.4 Å². The van der Waals surface area contributed by atoms with Crippen molar-refractivity contribution in [2.75, 3.05) is 0 Å². The van der Waals surface area contributed by atoms with E-state index in [1.54, 1.807) is 18.2 Å². The van der Waals surface area contributed by atoms with Crippen LogP contribution in [0.15, 0.2) is 30.6 Å². The minimum atomic E-state index is -1.15. The molecule has 1 aromatic heterocycles. The molecule has 1 aromatic carbocycles. The van der Waals surface area contributed by atoms with Crippen molar-refractivity contribution in [2.24, 2.45) is 0 Å². The van der Waals surface area contributed by atoms with E-state index < -0.39 is 5.97 Å². The summed E-state index contributed by atoms with van der Waals surface area (Å²) in [4.78, 5) is 18.2. The molecule has 94 valence electrons. The first kappa shape index (κ1) is 12.5. The summed E-state index contributed by atoms with van der Waals surface area (Å²) in [6.45, 7) is 1.83. The maximum atomic E-state index is 10.6. The van der Waals surface area contributed by atoms with Gasteiger partial charge in [0.1, 0.15) is 5.75 Å². The summed E-state index contributed by atoms with van der Waals surface area (Å²) in [5, 5.41) is 17.5. The Balaban J connectivity index is 2.26. The number of carboxylic acids is 1. The number of carboxylic acid groups (broad SMARTS) is 1. The molecule has 2 aromatic rings. The summed E-state index contributed by atoms with van der Waals surface area (Å²) in [7, 11) is 0. The van der Waals surface area contributed by atoms with Gasteiger partial charge in [0.25, 0.3) is 0 Å². The summed E-state index contributed by atoms with van der Waals surface area (Å²) in [6.07, 6.45) is 2.34. The van der Waals surface area contributed by atoms with E-state index in [0.29, 0.717) is 11.3 Å². The Labute approximate surface area is 108 Å². The third-order valence-corrected chi connectivity index (χ3v) is 2.38. The number of ether oxygens (including phenoxy) is 1. The molecule has 0 saturated carbocycles. The predicted molar refractivity (Wildman–Crippen MR) is 65.0 cm³/mol. The highest BCUT2D eigenvalue weighted by Gasteiger charge is 2.07. The fraction of sp³-hybridized carbons (Fsp3) is 0.0769. The molecule has 6 nitrogen and oxygen atoms in total. The number of hydrogen-bond donors (Lipinski definition) is 1. The highest BCUT2D eigenvalue weighted by atomic mass is 16.5. The molecule has 0 fully saturated rings. The van der Waals surface area contributed by atoms with Crippen LogP contribution >= 0.6 is 0 Å². The van der Waals surface area contributed by atoms with Crippen LogP contribution in [0.4, 0.5) is 0 Å². The van der Waals surface area contributed by atoms with Crippen molar-refractivity contribution >= 4 is 5.97 Å². The third-order valence-electron chi connectivity index (χ3n) is 2.38. The predicted octanol–water partition coefficient (Wildman–Crippen LogP) is 2.15. The number of aromatic nitrogens is 2. The van der Waals surface area contributed by atoms with Gasteiger partial charge >= 0.3 is 5.97 Å². The minimum absolute atomic E-state index is 0.158. The summed E-state index contributed by atoms with van der Waals surface area (Å²) in [6, 6.07) is 7.03. The minimum Gasteiger partial charge on any atom is -0.476 e. The molecule has 0 radical (unpaired) electrons. The average molecular weight is 255 g/mol. The molecule has 0 bridgehead atoms. The van der Waals surface area contributed by atoms with Crippen LogP contribution in [0.25, 0.3) is 0 Å². The maximum Gasteiger partial charge on any atom is 0.356 e. The first-order valence-electron chi connectivity index (χ1n) is 5.34. The number of benzene rings is 1. The highest BCUT2D eigenvalue weighted by molar-refractivity contribution is 5.84. The lowest BCUT2D eigenvalue weighted by Crippen LogP contribution is -2.01. The number of carbonyl (C=O) groups is 1. The second-order valence-electron chi connectivity index (χ2n) is 3.74. The number of nitriles is 1. The van der Waals surface area contributed by atoms with E-state index in [1.807, 2.05) is 13.0 Å². The number of rotatable bonds is 3. The molecule has 0 aliphatic carbocycles. The molecule has 0 spiro atoms. The van der Waals surface area contributed by atoms with E-state index in [9.17, 15) is 4.79 Å². The molecular formula is C13H9N3O3. The monoisotopic (exact) mass is 255 g/mol. The first-order chi connectivity index (χ1) is 9.10. The van der Waals surface area contributed by atoms with E-state index in [1.165, 1.54) is 6.20 Å². The molecule has 0 saturated heterocycles. The Hall–Kier alpha value is -2.94. The molecule has 0 atom stereocenters. The van der Waals surface area contributed by atoms with Crippen LogP contribution in [0.1, 0.15) is 21.6 Å². The van der Waals surface area contributed by atoms with E-state index in [-0.39, 0.29) is 11.6 Å². The molecule has 1 heterocycles. The number of aromatic carboxylic acids is 1. The summed E-state index contributed by atoms with van der Waals surface area (Å²) >= 11 is 0. The summed E-state index contributed by atoms with van der Waals surface area (Å²) in [5.74, 6) is -0.499. The van der Waals surface area contributed by atoms with Gasteiger partial charge in [0.15, 0.2) is 5.69 Å². The third kappa shape index (κ3) is 2.84. The molecule has 2 rings (SSSR count). The fourth-order valence-corrected chi connectivity index (χ4v) is 1.37. The molecule has 0 amide bonds. The molecular weight excluding hydrogens is 246 g/mol. The quantitative estimate of drug-likeness (QED) is 0.902. The number of aryl methyl sites for hydroxylation is 1. The van der Waals surface area contributed by atoms with Crippen molar-refractivity contribution in [3.8, 4) is 17.7 Å². The van der Waals surface area contributed by atoms with Gasteiger partial charge in [-0.2, -0.15) is 5.26 Å². The zero-order valence-electron chi connectivity index (χ0n) is 9.99. The number of nitrogens with zero attached hydrogens (tertiary/aromatic N) is 3. The van der Waals surface area contributed by atoms with E-state index in [2.05, 4.69) is 9.97 Å². The topological polar surface area (TPSA) is 96.1 Å². The lowest BCUT2D eigenvalue weighted by atomic mass is 10.1. The maximum absolute atomic E-state index is 10.6. The highest BCUT2D eigenvalue weighted by Crippen LogP contribution is 2.24. The second kappa shape index (κ2) is 5.14. The largest absolute Gasteiger partial charge is 0.476 e. The molecule has 6 heteroatoms. The zero-order chi connectivity index (χ0) is 13.8. The van der Waals surface area contributed by atoms with Crippen molar-refractivity contribution in [3.63, 3.8) is 0 Å². The summed E-state index contributed by atoms with van der Waals surface area (Å²) < 4.78 is 5.47. The Kier molecular flexibility index (Phi) is 3.39. The molecule has 1 N–H and O–H groups in total. The van der Waals surface area contributed by atoms with Gasteiger partial charge in [0, 0.05) is 0 Å². The van der Waals surface area contributed by atoms with Gasteiger partial charge in [-0.3, -0.25) is 0 Å². The molecule has 0 aliphatic rings. The fourth-order valence-electron chi connectivity index (χ4n) is 1.37. The van der Waals surface area contributed by atoms with Crippen LogP contribution in [0.5, 0.6) is 11.6 Å². The van der Waals surface area contributed by atoms with Gasteiger partial charge in [-0.05, 0) is 24.6 Å². The normalized spacial score (nSPS) is 9.68. The Morgan fingerprint density at radius 3 is 2.74 bits per heavy atom. The standard InChI is InChI=1S/C13H9N3O3/c1-8-2-3-9(5-14)4-11(8)19-12-7-15-10(6-16-12)13(17)18/h2-4,6-7H,1H3,(H,17,18). The number of hydrogen-bond acceptors (Lipinski definition) is 5. The van der Waals surface area contributed by atoms with Crippen molar-refractivity contribution in [2.45, 2.75) is 6.92 Å². The van der Waals surface area contributed by atoms with Crippen LogP contribution in [-0.2, 0) is 0 Å². The van der Waals surface area contributed by atoms with Crippen molar-refractivity contribution in [1.29, 1.82) is 5.26 Å². The second-order valence-corrected chi connectivity index (χ2v) is 3.74. The van der Waals surface area contributed by atoms with Crippen LogP contribution in [-0.4, -0.2) is 21.0 Å². The molecule has 19 heavy (non-hydrogen) atoms. The van der Waals surface area contributed by atoms with Gasteiger partial charge in [0.05, 0.1) is 24.0 Å². The van der Waals surface area contributed by atoms with Gasteiger partial charge in [0.2, 0.25) is 5.88 Å². The van der Waals surface area contributed by atoms with Gasteiger partial charge < -0.3 is 9.84 Å². The van der Waals surface area contributed by atoms with Crippen molar-refractivity contribution in [1.82, 2.24) is 9.97 Å². The van der Waals surface area contributed by atoms with Gasteiger partial charge in [-0.15, -0.1) is 0 Å². The Morgan fingerprint density at radius 1 is 1.37 bits per heavy atom. The van der Waals surface area contributed by atoms with Crippen LogP contribution in [0.3, 0.4) is 0 Å². The Morgan fingerprint density at radius 2 is 2.16 bits per heavy atom. The van der Waals surface area contributed by atoms with E-state index in [4.69, 9.17) is 15.1 Å². The van der Waals surface area contributed by atoms with Gasteiger partial charge in [-0.25, -0.2) is 14.8 Å². The lowest BCUT2D eigenvalue weighted by molar-refractivity contribution is 0.0690. The molecule has 0 aliphatic heterocycles. The Bertz CT molecular complexity index is 660. The van der Waals surface area contributed by atoms with Crippen LogP contribution < -0.4 is 4.74 Å². The van der Waals surface area contributed by atoms with E-state index >= 15 is 0 Å². The van der Waals surface area contributed by atoms with Gasteiger partial charge in [-0.1, -0.05) is 6.07 Å². The van der Waals surface area contributed by atoms with E-state index in [0.717, 1.165) is 11.8 Å². The smallest absolute Gasteiger partial charge is 0.356 e. The molecule has 0 unspecified atom stereocenters.